The van der Waals surface area contributed by atoms with E-state index in [1.165, 1.54) is 18.5 Å². The molecule has 2 rings (SSSR count). The molecular weight excluding hydrogens is 245 g/mol. The van der Waals surface area contributed by atoms with Gasteiger partial charge in [0.25, 0.3) is 0 Å². The van der Waals surface area contributed by atoms with Gasteiger partial charge < -0.3 is 0 Å². The van der Waals surface area contributed by atoms with Crippen LogP contribution in [-0.2, 0) is 6.42 Å². The zero-order chi connectivity index (χ0) is 13.8. The number of hydrogen-bond acceptors (Lipinski definition) is 4. The van der Waals surface area contributed by atoms with E-state index in [1.54, 1.807) is 12.1 Å². The van der Waals surface area contributed by atoms with Gasteiger partial charge >= 0.3 is 0 Å². The van der Waals surface area contributed by atoms with E-state index in [0.29, 0.717) is 6.42 Å². The van der Waals surface area contributed by atoms with Gasteiger partial charge in [-0.2, -0.15) is 5.10 Å². The normalized spacial score (nSPS) is 12.9. The Hall–Kier alpha value is -1.79. The molecule has 0 bridgehead atoms. The maximum Gasteiger partial charge on any atom is 0.138 e. The fraction of sp³-hybridized carbons (Fsp3) is 0.385. The fourth-order valence-corrected chi connectivity index (χ4v) is 2.00. The molecule has 102 valence electrons. The average molecular weight is 263 g/mol. The van der Waals surface area contributed by atoms with Crippen LogP contribution in [0.3, 0.4) is 0 Å². The van der Waals surface area contributed by atoms with Gasteiger partial charge in [0.2, 0.25) is 0 Å². The molecule has 1 unspecified atom stereocenters. The molecule has 0 saturated heterocycles. The van der Waals surface area contributed by atoms with E-state index in [0.717, 1.165) is 11.4 Å². The van der Waals surface area contributed by atoms with Crippen molar-refractivity contribution in [2.75, 3.05) is 0 Å². The standard InChI is InChI=1S/C13H18FN5/c1-9(2)19-13(16-8-17-19)7-12(18-15)10-3-5-11(14)6-4-10/h3-6,8-9,12,18H,7,15H2,1-2H3. The van der Waals surface area contributed by atoms with E-state index >= 15 is 0 Å². The SMILES string of the molecule is CC(C)n1ncnc1CC(NN)c1ccc(F)cc1. The Bertz CT molecular complexity index is 520. The summed E-state index contributed by atoms with van der Waals surface area (Å²) < 4.78 is 14.8. The molecule has 5 nitrogen and oxygen atoms in total. The van der Waals surface area contributed by atoms with E-state index in [-0.39, 0.29) is 17.9 Å². The Morgan fingerprint density at radius 1 is 1.32 bits per heavy atom. The van der Waals surface area contributed by atoms with Crippen molar-refractivity contribution in [3.05, 3.63) is 47.8 Å². The Morgan fingerprint density at radius 3 is 2.58 bits per heavy atom. The average Bonchev–Trinajstić information content (AvgIpc) is 2.85. The highest BCUT2D eigenvalue weighted by atomic mass is 19.1. The molecule has 0 spiro atoms. The molecule has 1 heterocycles. The smallest absolute Gasteiger partial charge is 0.138 e. The molecule has 0 aliphatic rings. The molecule has 0 saturated carbocycles. The van der Waals surface area contributed by atoms with Crippen LogP contribution in [0, 0.1) is 5.82 Å². The summed E-state index contributed by atoms with van der Waals surface area (Å²) in [7, 11) is 0. The number of hydrazine groups is 1. The van der Waals surface area contributed by atoms with Crippen LogP contribution in [0.25, 0.3) is 0 Å². The van der Waals surface area contributed by atoms with Gasteiger partial charge in [-0.1, -0.05) is 12.1 Å². The number of nitrogens with zero attached hydrogens (tertiary/aromatic N) is 3. The van der Waals surface area contributed by atoms with Gasteiger partial charge in [0.15, 0.2) is 0 Å². The minimum absolute atomic E-state index is 0.123. The molecule has 0 amide bonds. The molecule has 3 N–H and O–H groups in total. The largest absolute Gasteiger partial charge is 0.271 e. The maximum absolute atomic E-state index is 12.9. The topological polar surface area (TPSA) is 68.8 Å². The van der Waals surface area contributed by atoms with Crippen LogP contribution in [0.1, 0.15) is 37.3 Å². The molecule has 1 atom stereocenters. The monoisotopic (exact) mass is 263 g/mol. The van der Waals surface area contributed by atoms with Crippen molar-refractivity contribution in [2.45, 2.75) is 32.4 Å². The lowest BCUT2D eigenvalue weighted by Gasteiger charge is -2.17. The second-order valence-electron chi connectivity index (χ2n) is 4.69. The summed E-state index contributed by atoms with van der Waals surface area (Å²) >= 11 is 0. The summed E-state index contributed by atoms with van der Waals surface area (Å²) in [6, 6.07) is 6.40. The third-order valence-electron chi connectivity index (χ3n) is 3.00. The quantitative estimate of drug-likeness (QED) is 0.637. The third-order valence-corrected chi connectivity index (χ3v) is 3.00. The number of rotatable bonds is 5. The summed E-state index contributed by atoms with van der Waals surface area (Å²) in [5.41, 5.74) is 3.66. The predicted octanol–water partition coefficient (Wildman–Crippen LogP) is 1.75. The lowest BCUT2D eigenvalue weighted by Crippen LogP contribution is -2.30. The lowest BCUT2D eigenvalue weighted by atomic mass is 10.0. The number of nitrogens with one attached hydrogen (secondary N) is 1. The zero-order valence-electron chi connectivity index (χ0n) is 11.0. The van der Waals surface area contributed by atoms with Gasteiger partial charge in [0, 0.05) is 12.5 Å². The molecule has 1 aromatic heterocycles. The molecule has 2 aromatic rings. The van der Waals surface area contributed by atoms with Gasteiger partial charge in [0.05, 0.1) is 6.04 Å². The highest BCUT2D eigenvalue weighted by Crippen LogP contribution is 2.18. The van der Waals surface area contributed by atoms with Crippen LogP contribution in [0.2, 0.25) is 0 Å². The zero-order valence-corrected chi connectivity index (χ0v) is 11.0. The van der Waals surface area contributed by atoms with Crippen LogP contribution in [0.5, 0.6) is 0 Å². The van der Waals surface area contributed by atoms with Gasteiger partial charge in [0.1, 0.15) is 18.0 Å². The van der Waals surface area contributed by atoms with Crippen molar-refractivity contribution < 1.29 is 4.39 Å². The fourth-order valence-electron chi connectivity index (χ4n) is 2.00. The highest BCUT2D eigenvalue weighted by molar-refractivity contribution is 5.20. The first-order valence-corrected chi connectivity index (χ1v) is 6.21. The molecule has 0 radical (unpaired) electrons. The first kappa shape index (κ1) is 13.6. The lowest BCUT2D eigenvalue weighted by molar-refractivity contribution is 0.468. The second-order valence-corrected chi connectivity index (χ2v) is 4.69. The number of nitrogens with two attached hydrogens (primary N) is 1. The van der Waals surface area contributed by atoms with Crippen LogP contribution < -0.4 is 11.3 Å². The number of aromatic nitrogens is 3. The van der Waals surface area contributed by atoms with E-state index in [1.807, 2.05) is 18.5 Å². The first-order valence-electron chi connectivity index (χ1n) is 6.21. The summed E-state index contributed by atoms with van der Waals surface area (Å²) in [5, 5.41) is 4.19. The van der Waals surface area contributed by atoms with Gasteiger partial charge in [-0.3, -0.25) is 11.3 Å². The van der Waals surface area contributed by atoms with Crippen LogP contribution in [-0.4, -0.2) is 14.8 Å². The van der Waals surface area contributed by atoms with Crippen LogP contribution in [0.4, 0.5) is 4.39 Å². The van der Waals surface area contributed by atoms with Crippen LogP contribution in [0.15, 0.2) is 30.6 Å². The van der Waals surface area contributed by atoms with E-state index in [2.05, 4.69) is 15.5 Å². The molecule has 0 fully saturated rings. The second kappa shape index (κ2) is 5.90. The Morgan fingerprint density at radius 2 is 2.00 bits per heavy atom. The number of benzene rings is 1. The van der Waals surface area contributed by atoms with Crippen molar-refractivity contribution in [1.29, 1.82) is 0 Å². The molecular formula is C13H18FN5. The van der Waals surface area contributed by atoms with E-state index < -0.39 is 0 Å². The van der Waals surface area contributed by atoms with Crippen molar-refractivity contribution in [1.82, 2.24) is 20.2 Å². The molecule has 1 aromatic carbocycles. The van der Waals surface area contributed by atoms with Gasteiger partial charge in [-0.25, -0.2) is 14.1 Å². The minimum atomic E-state index is -0.259. The molecule has 0 aliphatic carbocycles. The van der Waals surface area contributed by atoms with Gasteiger partial charge in [-0.05, 0) is 31.5 Å². The Kier molecular flexibility index (Phi) is 4.24. The third kappa shape index (κ3) is 3.15. The molecule has 6 heteroatoms. The summed E-state index contributed by atoms with van der Waals surface area (Å²) in [5.74, 6) is 6.17. The molecule has 19 heavy (non-hydrogen) atoms. The van der Waals surface area contributed by atoms with Crippen molar-refractivity contribution in [3.63, 3.8) is 0 Å². The van der Waals surface area contributed by atoms with E-state index in [4.69, 9.17) is 5.84 Å². The van der Waals surface area contributed by atoms with Gasteiger partial charge in [-0.15, -0.1) is 0 Å². The number of halogens is 1. The summed E-state index contributed by atoms with van der Waals surface area (Å²) in [4.78, 5) is 4.25. The minimum Gasteiger partial charge on any atom is -0.271 e. The van der Waals surface area contributed by atoms with Crippen LogP contribution >= 0.6 is 0 Å². The van der Waals surface area contributed by atoms with Crippen molar-refractivity contribution in [3.8, 4) is 0 Å². The maximum atomic E-state index is 12.9. The first-order chi connectivity index (χ1) is 9.11. The summed E-state index contributed by atoms with van der Waals surface area (Å²) in [6.45, 7) is 4.09. The number of hydrogen-bond donors (Lipinski definition) is 2. The Labute approximate surface area is 111 Å². The Balaban J connectivity index is 2.19. The van der Waals surface area contributed by atoms with Crippen molar-refractivity contribution in [2.24, 2.45) is 5.84 Å². The van der Waals surface area contributed by atoms with E-state index in [9.17, 15) is 4.39 Å². The summed E-state index contributed by atoms with van der Waals surface area (Å²) in [6.07, 6.45) is 2.13. The highest BCUT2D eigenvalue weighted by Gasteiger charge is 2.15. The molecule has 0 aliphatic heterocycles. The predicted molar refractivity (Wildman–Crippen MR) is 70.6 cm³/mol. The van der Waals surface area contributed by atoms with Crippen molar-refractivity contribution >= 4 is 0 Å².